The number of nitrogens with zero attached hydrogens (tertiary/aromatic N) is 1. The van der Waals surface area contributed by atoms with Gasteiger partial charge in [0.2, 0.25) is 0 Å². The van der Waals surface area contributed by atoms with Crippen molar-refractivity contribution in [2.24, 2.45) is 0 Å². The van der Waals surface area contributed by atoms with Crippen molar-refractivity contribution in [1.82, 2.24) is 15.5 Å². The summed E-state index contributed by atoms with van der Waals surface area (Å²) in [6, 6.07) is 7.75. The summed E-state index contributed by atoms with van der Waals surface area (Å²) in [5, 5.41) is 19.9. The molecule has 0 saturated heterocycles. The first-order valence-electron chi connectivity index (χ1n) is 8.90. The number of likely N-dealkylation sites (N-methyl/N-ethyl adjacent to an activating group) is 1. The summed E-state index contributed by atoms with van der Waals surface area (Å²) >= 11 is 1.67. The highest BCUT2D eigenvalue weighted by atomic mass is 32.1. The Morgan fingerprint density at radius 3 is 2.88 bits per heavy atom. The minimum atomic E-state index is -0.298. The quantitative estimate of drug-likeness (QED) is 0.754. The number of urea groups is 1. The number of thiophene rings is 1. The lowest BCUT2D eigenvalue weighted by Crippen LogP contribution is -2.53. The molecule has 5 nitrogen and oxygen atoms in total. The highest BCUT2D eigenvalue weighted by molar-refractivity contribution is 7.07. The molecule has 140 valence electrons. The van der Waals surface area contributed by atoms with E-state index in [1.807, 2.05) is 26.0 Å². The zero-order valence-electron chi connectivity index (χ0n) is 15.6. The smallest absolute Gasteiger partial charge is 0.315 e. The van der Waals surface area contributed by atoms with E-state index in [0.717, 1.165) is 24.9 Å². The van der Waals surface area contributed by atoms with Crippen LogP contribution in [0.3, 0.4) is 0 Å². The van der Waals surface area contributed by atoms with Gasteiger partial charge in [-0.05, 0) is 79.4 Å². The minimum Gasteiger partial charge on any atom is -0.508 e. The Morgan fingerprint density at radius 1 is 1.35 bits per heavy atom. The Morgan fingerprint density at radius 2 is 2.15 bits per heavy atom. The lowest BCUT2D eigenvalue weighted by Gasteiger charge is -2.34. The van der Waals surface area contributed by atoms with E-state index in [4.69, 9.17) is 0 Å². The van der Waals surface area contributed by atoms with E-state index >= 15 is 0 Å². The summed E-state index contributed by atoms with van der Waals surface area (Å²) in [4.78, 5) is 14.6. The molecule has 26 heavy (non-hydrogen) atoms. The van der Waals surface area contributed by atoms with E-state index in [1.165, 1.54) is 11.1 Å². The third-order valence-corrected chi connectivity index (χ3v) is 5.60. The van der Waals surface area contributed by atoms with Crippen LogP contribution in [0.5, 0.6) is 5.75 Å². The van der Waals surface area contributed by atoms with E-state index in [2.05, 4.69) is 39.4 Å². The molecule has 0 unspecified atom stereocenters. The molecule has 2 heterocycles. The molecule has 1 aromatic carbocycles. The third-order valence-electron chi connectivity index (χ3n) is 4.86. The molecule has 2 amide bonds. The zero-order chi connectivity index (χ0) is 18.7. The largest absolute Gasteiger partial charge is 0.508 e. The average Bonchev–Trinajstić information content (AvgIpc) is 3.04. The third kappa shape index (κ3) is 4.77. The lowest BCUT2D eigenvalue weighted by molar-refractivity contribution is 0.199. The predicted molar refractivity (Wildman–Crippen MR) is 106 cm³/mol. The molecule has 0 bridgehead atoms. The fourth-order valence-corrected chi connectivity index (χ4v) is 4.17. The highest BCUT2D eigenvalue weighted by Crippen LogP contribution is 2.25. The van der Waals surface area contributed by atoms with Gasteiger partial charge in [0.15, 0.2) is 0 Å². The van der Waals surface area contributed by atoms with E-state index in [-0.39, 0.29) is 17.6 Å². The molecule has 0 aliphatic carbocycles. The fourth-order valence-electron chi connectivity index (χ4n) is 3.50. The van der Waals surface area contributed by atoms with Gasteiger partial charge in [0.1, 0.15) is 5.75 Å². The molecule has 2 aromatic rings. The standard InChI is InChI=1S/C20H27N3O2S/c1-20(2,10-14-6-7-26-13-14)22-19(25)21-11-17-8-15-4-5-18(24)9-16(15)12-23(17)3/h4-7,9,13,17,24H,8,10-12H2,1-3H3,(H2,21,22,25)/t17-/m0/s1. The Hall–Kier alpha value is -2.05. The van der Waals surface area contributed by atoms with Crippen molar-refractivity contribution in [1.29, 1.82) is 0 Å². The number of phenols is 1. The van der Waals surface area contributed by atoms with Crippen LogP contribution >= 0.6 is 11.3 Å². The number of benzene rings is 1. The molecule has 3 rings (SSSR count). The Balaban J connectivity index is 1.52. The van der Waals surface area contributed by atoms with Crippen molar-refractivity contribution < 1.29 is 9.90 Å². The summed E-state index contributed by atoms with van der Waals surface area (Å²) in [6.07, 6.45) is 1.68. The molecule has 6 heteroatoms. The maximum atomic E-state index is 12.4. The minimum absolute atomic E-state index is 0.130. The Bertz CT molecular complexity index is 758. The van der Waals surface area contributed by atoms with Crippen LogP contribution in [0.25, 0.3) is 0 Å². The van der Waals surface area contributed by atoms with Crippen molar-refractivity contribution in [3.63, 3.8) is 0 Å². The van der Waals surface area contributed by atoms with Crippen LogP contribution in [0.2, 0.25) is 0 Å². The van der Waals surface area contributed by atoms with Crippen LogP contribution in [0.15, 0.2) is 35.0 Å². The molecule has 1 aromatic heterocycles. The number of hydrogen-bond acceptors (Lipinski definition) is 4. The number of hydrogen-bond donors (Lipinski definition) is 3. The van der Waals surface area contributed by atoms with Gasteiger partial charge in [-0.25, -0.2) is 4.79 Å². The first-order chi connectivity index (χ1) is 12.3. The molecular formula is C20H27N3O2S. The van der Waals surface area contributed by atoms with Gasteiger partial charge in [0.05, 0.1) is 0 Å². The highest BCUT2D eigenvalue weighted by Gasteiger charge is 2.25. The van der Waals surface area contributed by atoms with Gasteiger partial charge >= 0.3 is 6.03 Å². The van der Waals surface area contributed by atoms with Gasteiger partial charge in [-0.3, -0.25) is 4.90 Å². The number of aromatic hydroxyl groups is 1. The normalized spacial score (nSPS) is 17.6. The van der Waals surface area contributed by atoms with E-state index in [1.54, 1.807) is 17.4 Å². The summed E-state index contributed by atoms with van der Waals surface area (Å²) in [5.41, 5.74) is 3.34. The van der Waals surface area contributed by atoms with E-state index in [9.17, 15) is 9.90 Å². The first-order valence-corrected chi connectivity index (χ1v) is 9.85. The number of carbonyl (C=O) groups excluding carboxylic acids is 1. The molecule has 3 N–H and O–H groups in total. The molecule has 0 fully saturated rings. The topological polar surface area (TPSA) is 64.6 Å². The molecular weight excluding hydrogens is 346 g/mol. The van der Waals surface area contributed by atoms with Crippen molar-refractivity contribution in [3.05, 3.63) is 51.7 Å². The van der Waals surface area contributed by atoms with Crippen LogP contribution in [0, 0.1) is 0 Å². The maximum Gasteiger partial charge on any atom is 0.315 e. The second kappa shape index (κ2) is 7.68. The van der Waals surface area contributed by atoms with Crippen molar-refractivity contribution >= 4 is 17.4 Å². The van der Waals surface area contributed by atoms with Crippen molar-refractivity contribution in [3.8, 4) is 5.75 Å². The fraction of sp³-hybridized carbons (Fsp3) is 0.450. The van der Waals surface area contributed by atoms with Gasteiger partial charge in [-0.15, -0.1) is 0 Å². The Labute approximate surface area is 159 Å². The van der Waals surface area contributed by atoms with Gasteiger partial charge in [0, 0.05) is 24.7 Å². The summed E-state index contributed by atoms with van der Waals surface area (Å²) in [5.74, 6) is 0.306. The number of fused-ring (bicyclic) bond motifs is 1. The number of carbonyl (C=O) groups is 1. The molecule has 1 atom stereocenters. The van der Waals surface area contributed by atoms with Gasteiger partial charge in [-0.2, -0.15) is 11.3 Å². The van der Waals surface area contributed by atoms with Crippen LogP contribution in [0.4, 0.5) is 4.79 Å². The molecule has 1 aliphatic rings. The SMILES string of the molecule is CN1Cc2cc(O)ccc2C[C@H]1CNC(=O)NC(C)(C)Cc1ccsc1. The number of phenolic OH excluding ortho intramolecular Hbond substituents is 1. The van der Waals surface area contributed by atoms with Crippen molar-refractivity contribution in [2.75, 3.05) is 13.6 Å². The first kappa shape index (κ1) is 18.7. The van der Waals surface area contributed by atoms with Crippen LogP contribution < -0.4 is 10.6 Å². The average molecular weight is 374 g/mol. The molecule has 0 saturated carbocycles. The van der Waals surface area contributed by atoms with Crippen molar-refractivity contribution in [2.45, 2.75) is 44.8 Å². The maximum absolute atomic E-state index is 12.4. The van der Waals surface area contributed by atoms with Crippen LogP contribution in [0.1, 0.15) is 30.5 Å². The van der Waals surface area contributed by atoms with E-state index in [0.29, 0.717) is 12.3 Å². The summed E-state index contributed by atoms with van der Waals surface area (Å²) in [6.45, 7) is 5.46. The van der Waals surface area contributed by atoms with Crippen LogP contribution in [-0.4, -0.2) is 41.2 Å². The zero-order valence-corrected chi connectivity index (χ0v) is 16.4. The van der Waals surface area contributed by atoms with Gasteiger partial charge in [-0.1, -0.05) is 6.07 Å². The lowest BCUT2D eigenvalue weighted by atomic mass is 9.94. The van der Waals surface area contributed by atoms with Gasteiger partial charge < -0.3 is 15.7 Å². The van der Waals surface area contributed by atoms with Gasteiger partial charge in [0.25, 0.3) is 0 Å². The number of rotatable bonds is 5. The van der Waals surface area contributed by atoms with Crippen LogP contribution in [-0.2, 0) is 19.4 Å². The Kier molecular flexibility index (Phi) is 5.53. The van der Waals surface area contributed by atoms with E-state index < -0.39 is 0 Å². The molecule has 1 aliphatic heterocycles. The monoisotopic (exact) mass is 373 g/mol. The molecule has 0 spiro atoms. The molecule has 0 radical (unpaired) electrons. The predicted octanol–water partition coefficient (Wildman–Crippen LogP) is 3.13. The summed E-state index contributed by atoms with van der Waals surface area (Å²) in [7, 11) is 2.05. The second-order valence-electron chi connectivity index (χ2n) is 7.75. The summed E-state index contributed by atoms with van der Waals surface area (Å²) < 4.78 is 0. The number of nitrogens with one attached hydrogen (secondary N) is 2. The second-order valence-corrected chi connectivity index (χ2v) is 8.53. The number of amides is 2.